The molecule has 3 aromatic carbocycles. The number of amides is 2. The molecule has 1 saturated heterocycles. The second-order valence-electron chi connectivity index (χ2n) is 7.41. The molecular weight excluding hydrogens is 390 g/mol. The van der Waals surface area contributed by atoms with Crippen molar-refractivity contribution in [1.82, 2.24) is 0 Å². The van der Waals surface area contributed by atoms with Gasteiger partial charge in [0, 0.05) is 30.0 Å². The summed E-state index contributed by atoms with van der Waals surface area (Å²) in [7, 11) is 1.60. The van der Waals surface area contributed by atoms with Crippen molar-refractivity contribution in [3.8, 4) is 5.75 Å². The molecule has 0 aliphatic carbocycles. The molecule has 6 heteroatoms. The van der Waals surface area contributed by atoms with Crippen LogP contribution in [0, 0.1) is 0 Å². The Labute approximate surface area is 181 Å². The maximum atomic E-state index is 13.2. The van der Waals surface area contributed by atoms with Crippen molar-refractivity contribution in [2.45, 2.75) is 18.9 Å². The molecule has 0 spiro atoms. The highest BCUT2D eigenvalue weighted by Gasteiger charge is 2.24. The van der Waals surface area contributed by atoms with Crippen LogP contribution in [0.2, 0.25) is 0 Å². The zero-order chi connectivity index (χ0) is 21.6. The van der Waals surface area contributed by atoms with Crippen LogP contribution in [0.4, 0.5) is 17.1 Å². The minimum atomic E-state index is -0.604. The molecule has 0 radical (unpaired) electrons. The molecule has 4 rings (SSSR count). The van der Waals surface area contributed by atoms with Gasteiger partial charge in [0.05, 0.1) is 7.11 Å². The van der Waals surface area contributed by atoms with Crippen LogP contribution < -0.4 is 20.3 Å². The van der Waals surface area contributed by atoms with E-state index in [0.29, 0.717) is 12.1 Å². The van der Waals surface area contributed by atoms with Crippen LogP contribution in [0.1, 0.15) is 24.4 Å². The summed E-state index contributed by atoms with van der Waals surface area (Å²) >= 11 is 0. The molecule has 1 atom stereocenters. The van der Waals surface area contributed by atoms with Crippen molar-refractivity contribution in [3.05, 3.63) is 84.4 Å². The number of carbonyl (C=O) groups excluding carboxylic acids is 2. The molecule has 0 saturated carbocycles. The third-order valence-electron chi connectivity index (χ3n) is 5.29. The lowest BCUT2D eigenvalue weighted by Crippen LogP contribution is -2.27. The second-order valence-corrected chi connectivity index (χ2v) is 7.41. The summed E-state index contributed by atoms with van der Waals surface area (Å²) in [5.74, 6) is 0.678. The van der Waals surface area contributed by atoms with Gasteiger partial charge in [-0.1, -0.05) is 36.4 Å². The van der Waals surface area contributed by atoms with Crippen LogP contribution in [-0.4, -0.2) is 25.5 Å². The molecule has 0 bridgehead atoms. The lowest BCUT2D eigenvalue weighted by atomic mass is 10.1. The lowest BCUT2D eigenvalue weighted by molar-refractivity contribution is -0.117. The van der Waals surface area contributed by atoms with Gasteiger partial charge in [0.2, 0.25) is 5.91 Å². The molecule has 2 N–H and O–H groups in total. The minimum Gasteiger partial charge on any atom is -0.497 e. The van der Waals surface area contributed by atoms with E-state index < -0.39 is 6.04 Å². The van der Waals surface area contributed by atoms with Crippen LogP contribution >= 0.6 is 0 Å². The maximum Gasteiger partial charge on any atom is 0.251 e. The van der Waals surface area contributed by atoms with Crippen LogP contribution in [0.25, 0.3) is 0 Å². The average molecular weight is 415 g/mol. The first-order valence-electron chi connectivity index (χ1n) is 10.3. The normalized spacial score (nSPS) is 14.2. The Hall–Kier alpha value is -3.80. The summed E-state index contributed by atoms with van der Waals surface area (Å²) in [6.45, 7) is 0.725. The molecule has 31 heavy (non-hydrogen) atoms. The molecule has 0 aromatic heterocycles. The number of benzene rings is 3. The van der Waals surface area contributed by atoms with Gasteiger partial charge in [0.1, 0.15) is 11.8 Å². The summed E-state index contributed by atoms with van der Waals surface area (Å²) < 4.78 is 5.18. The quantitative estimate of drug-likeness (QED) is 0.591. The van der Waals surface area contributed by atoms with Crippen molar-refractivity contribution < 1.29 is 14.3 Å². The second kappa shape index (κ2) is 9.34. The average Bonchev–Trinajstić information content (AvgIpc) is 3.24. The van der Waals surface area contributed by atoms with E-state index in [2.05, 4.69) is 10.6 Å². The first kappa shape index (κ1) is 20.5. The Kier molecular flexibility index (Phi) is 6.17. The third-order valence-corrected chi connectivity index (χ3v) is 5.29. The van der Waals surface area contributed by atoms with Gasteiger partial charge in [0.15, 0.2) is 0 Å². The van der Waals surface area contributed by atoms with Crippen molar-refractivity contribution in [2.75, 3.05) is 29.2 Å². The van der Waals surface area contributed by atoms with Crippen molar-refractivity contribution in [2.24, 2.45) is 0 Å². The predicted molar refractivity (Wildman–Crippen MR) is 122 cm³/mol. The van der Waals surface area contributed by atoms with Gasteiger partial charge in [0.25, 0.3) is 5.91 Å². The molecule has 6 nitrogen and oxygen atoms in total. The zero-order valence-electron chi connectivity index (χ0n) is 17.4. The maximum absolute atomic E-state index is 13.2. The number of rotatable bonds is 7. The molecule has 1 aliphatic rings. The fourth-order valence-corrected chi connectivity index (χ4v) is 3.69. The SMILES string of the molecule is COc1ccc(NC(=O)C(Nc2cccc(N3CCCC3=O)c2)c2ccccc2)cc1. The van der Waals surface area contributed by atoms with Crippen LogP contribution in [0.5, 0.6) is 5.75 Å². The number of hydrogen-bond acceptors (Lipinski definition) is 4. The predicted octanol–water partition coefficient (Wildman–Crippen LogP) is 4.61. The molecular formula is C25H25N3O3. The number of nitrogens with one attached hydrogen (secondary N) is 2. The number of nitrogens with zero attached hydrogens (tertiary/aromatic N) is 1. The Morgan fingerprint density at radius 3 is 2.42 bits per heavy atom. The molecule has 1 aliphatic heterocycles. The van der Waals surface area contributed by atoms with E-state index in [1.807, 2.05) is 54.6 Å². The van der Waals surface area contributed by atoms with E-state index >= 15 is 0 Å². The summed E-state index contributed by atoms with van der Waals surface area (Å²) in [5, 5.41) is 6.31. The highest BCUT2D eigenvalue weighted by Crippen LogP contribution is 2.27. The zero-order valence-corrected chi connectivity index (χ0v) is 17.4. The van der Waals surface area contributed by atoms with Gasteiger partial charge in [-0.3, -0.25) is 9.59 Å². The van der Waals surface area contributed by atoms with E-state index in [1.165, 1.54) is 0 Å². The fraction of sp³-hybridized carbons (Fsp3) is 0.200. The number of carbonyl (C=O) groups is 2. The van der Waals surface area contributed by atoms with Gasteiger partial charge in [-0.2, -0.15) is 0 Å². The molecule has 2 amide bonds. The molecule has 1 heterocycles. The summed E-state index contributed by atoms with van der Waals surface area (Å²) in [6.07, 6.45) is 1.45. The van der Waals surface area contributed by atoms with E-state index in [-0.39, 0.29) is 11.8 Å². The Morgan fingerprint density at radius 2 is 1.74 bits per heavy atom. The van der Waals surface area contributed by atoms with Crippen LogP contribution in [0.15, 0.2) is 78.9 Å². The monoisotopic (exact) mass is 415 g/mol. The van der Waals surface area contributed by atoms with E-state index in [9.17, 15) is 9.59 Å². The Balaban J connectivity index is 1.57. The number of ether oxygens (including phenoxy) is 1. The summed E-state index contributed by atoms with van der Waals surface area (Å²) in [5.41, 5.74) is 3.15. The number of hydrogen-bond donors (Lipinski definition) is 2. The highest BCUT2D eigenvalue weighted by molar-refractivity contribution is 5.98. The Bertz CT molecular complexity index is 1050. The largest absolute Gasteiger partial charge is 0.497 e. The third kappa shape index (κ3) is 4.86. The Morgan fingerprint density at radius 1 is 0.968 bits per heavy atom. The first-order valence-corrected chi connectivity index (χ1v) is 10.3. The van der Waals surface area contributed by atoms with Crippen LogP contribution in [0.3, 0.4) is 0 Å². The van der Waals surface area contributed by atoms with Gasteiger partial charge < -0.3 is 20.3 Å². The van der Waals surface area contributed by atoms with Gasteiger partial charge in [-0.15, -0.1) is 0 Å². The molecule has 1 unspecified atom stereocenters. The molecule has 158 valence electrons. The van der Waals surface area contributed by atoms with Gasteiger partial charge in [-0.05, 0) is 54.4 Å². The van der Waals surface area contributed by atoms with E-state index in [4.69, 9.17) is 4.74 Å². The topological polar surface area (TPSA) is 70.7 Å². The standard InChI is InChI=1S/C25H25N3O3/c1-31-22-14-12-19(13-15-22)27-25(30)24(18-7-3-2-4-8-18)26-20-9-5-10-21(17-20)28-16-6-11-23(28)29/h2-5,7-10,12-15,17,24,26H,6,11,16H2,1H3,(H,27,30). The van der Waals surface area contributed by atoms with Crippen LogP contribution in [-0.2, 0) is 9.59 Å². The van der Waals surface area contributed by atoms with Gasteiger partial charge >= 0.3 is 0 Å². The molecule has 1 fully saturated rings. The lowest BCUT2D eigenvalue weighted by Gasteiger charge is -2.22. The highest BCUT2D eigenvalue weighted by atomic mass is 16.5. The number of methoxy groups -OCH3 is 1. The summed E-state index contributed by atoms with van der Waals surface area (Å²) in [6, 6.07) is 23.8. The smallest absolute Gasteiger partial charge is 0.251 e. The van der Waals surface area contributed by atoms with E-state index in [0.717, 1.165) is 35.7 Å². The van der Waals surface area contributed by atoms with Crippen molar-refractivity contribution in [1.29, 1.82) is 0 Å². The van der Waals surface area contributed by atoms with Crippen molar-refractivity contribution >= 4 is 28.9 Å². The first-order chi connectivity index (χ1) is 15.1. The minimum absolute atomic E-state index is 0.133. The molecule has 3 aromatic rings. The summed E-state index contributed by atoms with van der Waals surface area (Å²) in [4.78, 5) is 27.1. The number of anilines is 3. The fourth-order valence-electron chi connectivity index (χ4n) is 3.69. The van der Waals surface area contributed by atoms with E-state index in [1.54, 1.807) is 36.3 Å². The van der Waals surface area contributed by atoms with Crippen molar-refractivity contribution in [3.63, 3.8) is 0 Å². The van der Waals surface area contributed by atoms with Gasteiger partial charge in [-0.25, -0.2) is 0 Å².